The van der Waals surface area contributed by atoms with Gasteiger partial charge in [-0.15, -0.1) is 0 Å². The third-order valence-corrected chi connectivity index (χ3v) is 7.74. The molecule has 4 heteroatoms. The van der Waals surface area contributed by atoms with Gasteiger partial charge in [0, 0.05) is 40.5 Å². The van der Waals surface area contributed by atoms with E-state index < -0.39 is 0 Å². The maximum atomic E-state index is 13.0. The molecule has 0 saturated carbocycles. The molecule has 178 valence electrons. The number of amides is 1. The van der Waals surface area contributed by atoms with Crippen LogP contribution >= 0.6 is 0 Å². The number of nitrogens with one attached hydrogen (secondary N) is 1. The summed E-state index contributed by atoms with van der Waals surface area (Å²) in [6.07, 6.45) is 0.676. The Labute approximate surface area is 206 Å². The van der Waals surface area contributed by atoms with E-state index >= 15 is 0 Å². The summed E-state index contributed by atoms with van der Waals surface area (Å²) < 4.78 is 8.30. The van der Waals surface area contributed by atoms with Gasteiger partial charge in [-0.1, -0.05) is 18.2 Å². The van der Waals surface area contributed by atoms with Crippen molar-refractivity contribution >= 4 is 33.4 Å². The number of fused-ring (bicyclic) bond motifs is 3. The van der Waals surface area contributed by atoms with Gasteiger partial charge in [0.05, 0.1) is 0 Å². The van der Waals surface area contributed by atoms with Crippen molar-refractivity contribution in [3.8, 4) is 0 Å². The lowest BCUT2D eigenvalue weighted by Crippen LogP contribution is -2.10. The van der Waals surface area contributed by atoms with E-state index in [1.165, 1.54) is 49.8 Å². The highest BCUT2D eigenvalue weighted by molar-refractivity contribution is 6.10. The lowest BCUT2D eigenvalue weighted by Gasteiger charge is -2.18. The Morgan fingerprint density at radius 1 is 0.800 bits per heavy atom. The van der Waals surface area contributed by atoms with Gasteiger partial charge >= 0.3 is 0 Å². The van der Waals surface area contributed by atoms with Crippen LogP contribution in [0.3, 0.4) is 0 Å². The molecule has 4 nitrogen and oxygen atoms in total. The van der Waals surface area contributed by atoms with Crippen molar-refractivity contribution in [3.63, 3.8) is 0 Å². The molecule has 0 aliphatic rings. The molecule has 0 bridgehead atoms. The van der Waals surface area contributed by atoms with E-state index in [0.717, 1.165) is 23.4 Å². The van der Waals surface area contributed by atoms with Gasteiger partial charge in [0.25, 0.3) is 5.91 Å². The molecule has 1 amide bonds. The summed E-state index contributed by atoms with van der Waals surface area (Å²) in [4.78, 5) is 13.0. The van der Waals surface area contributed by atoms with Crippen LogP contribution in [0.5, 0.6) is 0 Å². The summed E-state index contributed by atoms with van der Waals surface area (Å²) in [5.74, 6) is 0.886. The molecule has 0 atom stereocenters. The zero-order valence-electron chi connectivity index (χ0n) is 21.4. The number of rotatable bonds is 5. The predicted octanol–water partition coefficient (Wildman–Crippen LogP) is 7.79. The van der Waals surface area contributed by atoms with E-state index in [1.807, 2.05) is 12.1 Å². The zero-order chi connectivity index (χ0) is 24.9. The molecule has 0 saturated heterocycles. The van der Waals surface area contributed by atoms with Crippen LogP contribution in [0.25, 0.3) is 21.8 Å². The molecule has 3 aromatic carbocycles. The number of carbonyl (C=O) groups is 1. The molecule has 35 heavy (non-hydrogen) atoms. The Balaban J connectivity index is 1.41. The number of carbonyl (C=O) groups excluding carboxylic acids is 1. The van der Waals surface area contributed by atoms with Crippen molar-refractivity contribution < 1.29 is 9.21 Å². The summed E-state index contributed by atoms with van der Waals surface area (Å²) in [7, 11) is 0. The van der Waals surface area contributed by atoms with Gasteiger partial charge in [0.2, 0.25) is 0 Å². The fraction of sp³-hybridized carbons (Fsp3) is 0.258. The molecule has 2 aromatic heterocycles. The van der Waals surface area contributed by atoms with Gasteiger partial charge in [-0.05, 0) is 111 Å². The van der Waals surface area contributed by atoms with Gasteiger partial charge in [0.1, 0.15) is 5.76 Å². The van der Waals surface area contributed by atoms with Crippen molar-refractivity contribution in [3.05, 3.63) is 99.5 Å². The highest BCUT2D eigenvalue weighted by atomic mass is 16.3. The standard InChI is InChI=1S/C31H32N2O2/c1-7-33-28-11-9-8-10-25(28)27-16-23(12-14-29(27)33)32-31(34)30-15-13-24(35-30)17-26-21(5)19(3)18(2)20(4)22(26)6/h8-16H,7,17H2,1-6H3,(H,32,34). The van der Waals surface area contributed by atoms with Crippen LogP contribution in [-0.2, 0) is 13.0 Å². The van der Waals surface area contributed by atoms with Crippen molar-refractivity contribution in [2.75, 3.05) is 5.32 Å². The van der Waals surface area contributed by atoms with Gasteiger partial charge in [-0.25, -0.2) is 0 Å². The number of aromatic nitrogens is 1. The normalized spacial score (nSPS) is 11.5. The Morgan fingerprint density at radius 3 is 2.17 bits per heavy atom. The van der Waals surface area contributed by atoms with Crippen LogP contribution in [0, 0.1) is 34.6 Å². The maximum absolute atomic E-state index is 13.0. The van der Waals surface area contributed by atoms with E-state index in [-0.39, 0.29) is 5.91 Å². The largest absolute Gasteiger partial charge is 0.456 e. The fourth-order valence-electron chi connectivity index (χ4n) is 5.28. The number of benzene rings is 3. The number of hydrogen-bond donors (Lipinski definition) is 1. The highest BCUT2D eigenvalue weighted by Gasteiger charge is 2.17. The first kappa shape index (κ1) is 23.0. The number of para-hydroxylation sites is 1. The monoisotopic (exact) mass is 464 g/mol. The third kappa shape index (κ3) is 3.83. The number of nitrogens with zero attached hydrogens (tertiary/aromatic N) is 1. The van der Waals surface area contributed by atoms with Crippen molar-refractivity contribution in [2.45, 2.75) is 54.5 Å². The van der Waals surface area contributed by atoms with Crippen molar-refractivity contribution in [2.24, 2.45) is 0 Å². The average molecular weight is 465 g/mol. The molecular weight excluding hydrogens is 432 g/mol. The first-order valence-electron chi connectivity index (χ1n) is 12.3. The minimum atomic E-state index is -0.237. The Bertz CT molecular complexity index is 1570. The molecule has 0 radical (unpaired) electrons. The topological polar surface area (TPSA) is 47.2 Å². The third-order valence-electron chi connectivity index (χ3n) is 7.74. The summed E-state index contributed by atoms with van der Waals surface area (Å²) in [6, 6.07) is 18.2. The van der Waals surface area contributed by atoms with E-state index in [0.29, 0.717) is 12.2 Å². The zero-order valence-corrected chi connectivity index (χ0v) is 21.4. The number of hydrogen-bond acceptors (Lipinski definition) is 2. The number of anilines is 1. The Hall–Kier alpha value is -3.79. The molecule has 5 rings (SSSR count). The minimum Gasteiger partial charge on any atom is -0.456 e. The van der Waals surface area contributed by atoms with Crippen LogP contribution in [0.1, 0.15) is 56.6 Å². The molecule has 1 N–H and O–H groups in total. The van der Waals surface area contributed by atoms with E-state index in [2.05, 4.69) is 87.8 Å². The number of furan rings is 1. The van der Waals surface area contributed by atoms with Crippen LogP contribution in [0.4, 0.5) is 5.69 Å². The summed E-state index contributed by atoms with van der Waals surface area (Å²) in [6.45, 7) is 13.9. The van der Waals surface area contributed by atoms with E-state index in [9.17, 15) is 4.79 Å². The predicted molar refractivity (Wildman–Crippen MR) is 145 cm³/mol. The van der Waals surface area contributed by atoms with Crippen molar-refractivity contribution in [1.82, 2.24) is 4.57 Å². The van der Waals surface area contributed by atoms with Crippen molar-refractivity contribution in [1.29, 1.82) is 0 Å². The van der Waals surface area contributed by atoms with Crippen LogP contribution < -0.4 is 5.32 Å². The van der Waals surface area contributed by atoms with Gasteiger partial charge in [-0.3, -0.25) is 4.79 Å². The van der Waals surface area contributed by atoms with E-state index in [4.69, 9.17) is 4.42 Å². The Morgan fingerprint density at radius 2 is 1.46 bits per heavy atom. The number of aryl methyl sites for hydroxylation is 1. The molecule has 0 aliphatic heterocycles. The highest BCUT2D eigenvalue weighted by Crippen LogP contribution is 2.32. The summed E-state index contributed by atoms with van der Waals surface area (Å²) in [5.41, 5.74) is 11.0. The molecule has 0 fully saturated rings. The Kier molecular flexibility index (Phi) is 5.76. The van der Waals surface area contributed by atoms with Crippen LogP contribution in [0.2, 0.25) is 0 Å². The van der Waals surface area contributed by atoms with Gasteiger partial charge in [-0.2, -0.15) is 0 Å². The second-order valence-corrected chi connectivity index (χ2v) is 9.49. The fourth-order valence-corrected chi connectivity index (χ4v) is 5.28. The lowest BCUT2D eigenvalue weighted by atomic mass is 9.88. The summed E-state index contributed by atoms with van der Waals surface area (Å²) >= 11 is 0. The second-order valence-electron chi connectivity index (χ2n) is 9.49. The average Bonchev–Trinajstić information content (AvgIpc) is 3.46. The van der Waals surface area contributed by atoms with Gasteiger partial charge < -0.3 is 14.3 Å². The SMILES string of the molecule is CCn1c2ccccc2c2cc(NC(=O)c3ccc(Cc4c(C)c(C)c(C)c(C)c4C)o3)ccc21. The smallest absolute Gasteiger partial charge is 0.291 e. The lowest BCUT2D eigenvalue weighted by molar-refractivity contribution is 0.0995. The van der Waals surface area contributed by atoms with Crippen LogP contribution in [-0.4, -0.2) is 10.5 Å². The molecule has 5 aromatic rings. The minimum absolute atomic E-state index is 0.237. The first-order chi connectivity index (χ1) is 16.8. The van der Waals surface area contributed by atoms with Crippen LogP contribution in [0.15, 0.2) is 59.0 Å². The first-order valence-corrected chi connectivity index (χ1v) is 12.3. The second kappa shape index (κ2) is 8.77. The molecule has 2 heterocycles. The maximum Gasteiger partial charge on any atom is 0.291 e. The quantitative estimate of drug-likeness (QED) is 0.288. The molecule has 0 unspecified atom stereocenters. The molecule has 0 aliphatic carbocycles. The van der Waals surface area contributed by atoms with Gasteiger partial charge in [0.15, 0.2) is 5.76 Å². The summed E-state index contributed by atoms with van der Waals surface area (Å²) in [5, 5.41) is 5.35. The molecule has 0 spiro atoms. The van der Waals surface area contributed by atoms with E-state index in [1.54, 1.807) is 6.07 Å². The molecular formula is C31H32N2O2.